The molecule has 3 N–H and O–H groups in total. The number of halogens is 1. The molecule has 4 nitrogen and oxygen atoms in total. The molecule has 1 aliphatic carbocycles. The lowest BCUT2D eigenvalue weighted by atomic mass is 9.75. The molecule has 2 rings (SSSR count). The van der Waals surface area contributed by atoms with Gasteiger partial charge in [-0.15, -0.1) is 0 Å². The number of nitrogens with one attached hydrogen (secondary N) is 1. The quantitative estimate of drug-likeness (QED) is 0.741. The molecule has 1 aliphatic rings. The van der Waals surface area contributed by atoms with E-state index in [1.54, 1.807) is 12.1 Å². The van der Waals surface area contributed by atoms with Gasteiger partial charge in [-0.3, -0.25) is 4.79 Å². The molecule has 0 aliphatic heterocycles. The van der Waals surface area contributed by atoms with Crippen molar-refractivity contribution in [1.82, 2.24) is 5.32 Å². The van der Waals surface area contributed by atoms with Crippen LogP contribution in [0.15, 0.2) is 24.3 Å². The molecule has 0 aromatic heterocycles. The fourth-order valence-electron chi connectivity index (χ4n) is 2.26. The molecule has 1 fully saturated rings. The standard InChI is InChI=1S/C13H16FNO3/c14-10-3-1-8(2-4-10)13(15-12(18)7-16)9-5-11(17)6-9/h1-4,9,11,13,16-17H,5-7H2,(H,15,18)/t9?,11?,13-/m1/s1. The van der Waals surface area contributed by atoms with Crippen molar-refractivity contribution in [3.63, 3.8) is 0 Å². The predicted octanol–water partition coefficient (Wildman–Crippen LogP) is 0.746. The van der Waals surface area contributed by atoms with E-state index in [4.69, 9.17) is 5.11 Å². The highest BCUT2D eigenvalue weighted by Gasteiger charge is 2.35. The number of aliphatic hydroxyl groups is 2. The minimum atomic E-state index is -0.576. The summed E-state index contributed by atoms with van der Waals surface area (Å²) in [5.41, 5.74) is 0.787. The van der Waals surface area contributed by atoms with Crippen molar-refractivity contribution in [2.24, 2.45) is 5.92 Å². The molecule has 1 atom stereocenters. The predicted molar refractivity (Wildman–Crippen MR) is 63.1 cm³/mol. The van der Waals surface area contributed by atoms with Crippen LogP contribution in [0.4, 0.5) is 4.39 Å². The molecule has 1 aromatic carbocycles. The first-order chi connectivity index (χ1) is 8.60. The first-order valence-electron chi connectivity index (χ1n) is 5.94. The van der Waals surface area contributed by atoms with E-state index in [1.165, 1.54) is 12.1 Å². The maximum Gasteiger partial charge on any atom is 0.246 e. The lowest BCUT2D eigenvalue weighted by molar-refractivity contribution is -0.125. The highest BCUT2D eigenvalue weighted by Crippen LogP contribution is 2.38. The van der Waals surface area contributed by atoms with Crippen LogP contribution in [0.3, 0.4) is 0 Å². The van der Waals surface area contributed by atoms with Crippen molar-refractivity contribution in [2.45, 2.75) is 25.0 Å². The second-order valence-corrected chi connectivity index (χ2v) is 4.64. The van der Waals surface area contributed by atoms with Crippen LogP contribution in [-0.4, -0.2) is 28.8 Å². The molecule has 0 spiro atoms. The SMILES string of the molecule is O=C(CO)N[C@H](c1ccc(F)cc1)C1CC(O)C1. The third kappa shape index (κ3) is 2.86. The maximum absolute atomic E-state index is 12.9. The highest BCUT2D eigenvalue weighted by molar-refractivity contribution is 5.77. The van der Waals surface area contributed by atoms with Crippen LogP contribution >= 0.6 is 0 Å². The van der Waals surface area contributed by atoms with Crippen molar-refractivity contribution in [3.8, 4) is 0 Å². The van der Waals surface area contributed by atoms with Crippen molar-refractivity contribution in [1.29, 1.82) is 0 Å². The summed E-state index contributed by atoms with van der Waals surface area (Å²) in [6.45, 7) is -0.576. The van der Waals surface area contributed by atoms with E-state index in [-0.39, 0.29) is 23.9 Å². The molecule has 0 radical (unpaired) electrons. The van der Waals surface area contributed by atoms with Crippen LogP contribution in [0.2, 0.25) is 0 Å². The lowest BCUT2D eigenvalue weighted by Crippen LogP contribution is -2.42. The summed E-state index contributed by atoms with van der Waals surface area (Å²) in [5, 5.41) is 20.8. The summed E-state index contributed by atoms with van der Waals surface area (Å²) in [6.07, 6.45) is 0.880. The molecular weight excluding hydrogens is 237 g/mol. The van der Waals surface area contributed by atoms with Gasteiger partial charge in [-0.1, -0.05) is 12.1 Å². The number of carbonyl (C=O) groups is 1. The number of benzene rings is 1. The molecule has 5 heteroatoms. The first kappa shape index (κ1) is 13.0. The van der Waals surface area contributed by atoms with Crippen molar-refractivity contribution < 1.29 is 19.4 Å². The zero-order chi connectivity index (χ0) is 13.1. The first-order valence-corrected chi connectivity index (χ1v) is 5.94. The third-order valence-corrected chi connectivity index (χ3v) is 3.31. The summed E-state index contributed by atoms with van der Waals surface area (Å²) in [5.74, 6) is -0.675. The van der Waals surface area contributed by atoms with Gasteiger partial charge in [0.1, 0.15) is 12.4 Å². The topological polar surface area (TPSA) is 69.6 Å². The van der Waals surface area contributed by atoms with E-state index >= 15 is 0 Å². The Hall–Kier alpha value is -1.46. The Morgan fingerprint density at radius 1 is 1.39 bits per heavy atom. The Labute approximate surface area is 104 Å². The molecule has 1 saturated carbocycles. The maximum atomic E-state index is 12.9. The molecule has 18 heavy (non-hydrogen) atoms. The Kier molecular flexibility index (Phi) is 3.93. The van der Waals surface area contributed by atoms with Crippen molar-refractivity contribution in [3.05, 3.63) is 35.6 Å². The van der Waals surface area contributed by atoms with Gasteiger partial charge in [-0.05, 0) is 36.5 Å². The lowest BCUT2D eigenvalue weighted by Gasteiger charge is -2.38. The van der Waals surface area contributed by atoms with E-state index in [1.807, 2.05) is 0 Å². The monoisotopic (exact) mass is 253 g/mol. The second kappa shape index (κ2) is 5.46. The number of hydrogen-bond acceptors (Lipinski definition) is 3. The summed E-state index contributed by atoms with van der Waals surface area (Å²) < 4.78 is 12.9. The molecule has 0 bridgehead atoms. The highest BCUT2D eigenvalue weighted by atomic mass is 19.1. The second-order valence-electron chi connectivity index (χ2n) is 4.64. The summed E-state index contributed by atoms with van der Waals surface area (Å²) >= 11 is 0. The Bertz CT molecular complexity index is 415. The Balaban J connectivity index is 2.13. The van der Waals surface area contributed by atoms with Gasteiger partial charge < -0.3 is 15.5 Å². The van der Waals surface area contributed by atoms with Crippen molar-refractivity contribution >= 4 is 5.91 Å². The Morgan fingerprint density at radius 3 is 2.50 bits per heavy atom. The summed E-state index contributed by atoms with van der Waals surface area (Å²) in [7, 11) is 0. The number of amides is 1. The zero-order valence-electron chi connectivity index (χ0n) is 9.84. The minimum Gasteiger partial charge on any atom is -0.393 e. The average Bonchev–Trinajstić information content (AvgIpc) is 2.33. The van der Waals surface area contributed by atoms with Crippen LogP contribution < -0.4 is 5.32 Å². The van der Waals surface area contributed by atoms with E-state index in [0.717, 1.165) is 5.56 Å². The number of aliphatic hydroxyl groups excluding tert-OH is 2. The normalized spacial score (nSPS) is 24.2. The van der Waals surface area contributed by atoms with Crippen molar-refractivity contribution in [2.75, 3.05) is 6.61 Å². The molecule has 1 amide bonds. The van der Waals surface area contributed by atoms with Gasteiger partial charge in [-0.2, -0.15) is 0 Å². The van der Waals surface area contributed by atoms with E-state index < -0.39 is 12.5 Å². The minimum absolute atomic E-state index is 0.126. The van der Waals surface area contributed by atoms with Crippen LogP contribution in [0.25, 0.3) is 0 Å². The summed E-state index contributed by atoms with van der Waals surface area (Å²) in [4.78, 5) is 11.3. The van der Waals surface area contributed by atoms with E-state index in [2.05, 4.69) is 5.32 Å². The van der Waals surface area contributed by atoms with Crippen LogP contribution in [0, 0.1) is 11.7 Å². The van der Waals surface area contributed by atoms with Gasteiger partial charge in [-0.25, -0.2) is 4.39 Å². The number of hydrogen-bond donors (Lipinski definition) is 3. The van der Waals surface area contributed by atoms with Gasteiger partial charge in [0.15, 0.2) is 0 Å². The van der Waals surface area contributed by atoms with Gasteiger partial charge in [0.05, 0.1) is 12.1 Å². The molecule has 98 valence electrons. The zero-order valence-corrected chi connectivity index (χ0v) is 9.84. The Morgan fingerprint density at radius 2 is 2.00 bits per heavy atom. The average molecular weight is 253 g/mol. The molecule has 1 aromatic rings. The number of carbonyl (C=O) groups excluding carboxylic acids is 1. The molecule has 0 saturated heterocycles. The number of rotatable bonds is 4. The van der Waals surface area contributed by atoms with Gasteiger partial charge in [0.25, 0.3) is 0 Å². The van der Waals surface area contributed by atoms with Gasteiger partial charge in [0, 0.05) is 0 Å². The fourth-order valence-corrected chi connectivity index (χ4v) is 2.26. The fraction of sp³-hybridized carbons (Fsp3) is 0.462. The molecule has 0 heterocycles. The van der Waals surface area contributed by atoms with Crippen LogP contribution in [0.5, 0.6) is 0 Å². The van der Waals surface area contributed by atoms with Crippen LogP contribution in [0.1, 0.15) is 24.4 Å². The van der Waals surface area contributed by atoms with Gasteiger partial charge >= 0.3 is 0 Å². The smallest absolute Gasteiger partial charge is 0.246 e. The van der Waals surface area contributed by atoms with Gasteiger partial charge in [0.2, 0.25) is 5.91 Å². The molecule has 0 unspecified atom stereocenters. The molecular formula is C13H16FNO3. The van der Waals surface area contributed by atoms with Crippen LogP contribution in [-0.2, 0) is 4.79 Å². The summed E-state index contributed by atoms with van der Waals surface area (Å²) in [6, 6.07) is 5.61. The van der Waals surface area contributed by atoms with E-state index in [0.29, 0.717) is 12.8 Å². The largest absolute Gasteiger partial charge is 0.393 e. The third-order valence-electron chi connectivity index (χ3n) is 3.31. The van der Waals surface area contributed by atoms with E-state index in [9.17, 15) is 14.3 Å².